The van der Waals surface area contributed by atoms with Crippen LogP contribution >= 0.6 is 15.9 Å². The Hall–Kier alpha value is -2.20. The molecule has 0 aliphatic rings. The first-order valence-corrected chi connectivity index (χ1v) is 7.11. The fourth-order valence-electron chi connectivity index (χ4n) is 1.68. The molecule has 2 aromatic carbocycles. The molecule has 0 aliphatic carbocycles. The lowest BCUT2D eigenvalue weighted by molar-refractivity contribution is -0.128. The molecule has 4 heteroatoms. The lowest BCUT2D eigenvalue weighted by Crippen LogP contribution is -2.04. The first-order valence-electron chi connectivity index (χ1n) is 6.31. The molecule has 0 fully saturated rings. The summed E-state index contributed by atoms with van der Waals surface area (Å²) in [5.41, 5.74) is 1.47. The van der Waals surface area contributed by atoms with Gasteiger partial charge >= 0.3 is 5.97 Å². The van der Waals surface area contributed by atoms with Gasteiger partial charge in [0.2, 0.25) is 0 Å². The van der Waals surface area contributed by atoms with Crippen LogP contribution in [0.25, 0.3) is 6.08 Å². The SMILES string of the molecule is CC(=O)c1ccc(OC(=O)/C=C/c2ccccc2Br)cc1. The Kier molecular flexibility index (Phi) is 5.06. The molecule has 0 bridgehead atoms. The van der Waals surface area contributed by atoms with E-state index in [9.17, 15) is 9.59 Å². The van der Waals surface area contributed by atoms with Gasteiger partial charge in [0.15, 0.2) is 5.78 Å². The summed E-state index contributed by atoms with van der Waals surface area (Å²) in [5, 5.41) is 0. The summed E-state index contributed by atoms with van der Waals surface area (Å²) >= 11 is 3.40. The van der Waals surface area contributed by atoms with E-state index in [-0.39, 0.29) is 5.78 Å². The molecule has 0 amide bonds. The predicted octanol–water partition coefficient (Wildman–Crippen LogP) is 4.27. The summed E-state index contributed by atoms with van der Waals surface area (Å²) in [5.74, 6) is -0.0928. The third-order valence-corrected chi connectivity index (χ3v) is 3.51. The highest BCUT2D eigenvalue weighted by Crippen LogP contribution is 2.17. The van der Waals surface area contributed by atoms with Crippen LogP contribution in [0.1, 0.15) is 22.8 Å². The Labute approximate surface area is 131 Å². The van der Waals surface area contributed by atoms with Crippen molar-refractivity contribution in [1.29, 1.82) is 0 Å². The number of carbonyl (C=O) groups excluding carboxylic acids is 2. The van der Waals surface area contributed by atoms with Gasteiger partial charge in [0, 0.05) is 16.1 Å². The summed E-state index contributed by atoms with van der Waals surface area (Å²) in [6.45, 7) is 1.49. The fraction of sp³-hybridized carbons (Fsp3) is 0.0588. The molecule has 0 saturated carbocycles. The van der Waals surface area contributed by atoms with Crippen LogP contribution in [0.15, 0.2) is 59.1 Å². The maximum atomic E-state index is 11.7. The second-order valence-electron chi connectivity index (χ2n) is 4.36. The second kappa shape index (κ2) is 6.99. The first-order chi connectivity index (χ1) is 10.1. The Morgan fingerprint density at radius 3 is 2.33 bits per heavy atom. The van der Waals surface area contributed by atoms with Gasteiger partial charge in [-0.3, -0.25) is 4.79 Å². The van der Waals surface area contributed by atoms with Crippen LogP contribution in [-0.2, 0) is 4.79 Å². The van der Waals surface area contributed by atoms with E-state index in [1.165, 1.54) is 13.0 Å². The third kappa shape index (κ3) is 4.39. The van der Waals surface area contributed by atoms with E-state index in [0.29, 0.717) is 11.3 Å². The molecule has 0 atom stereocenters. The van der Waals surface area contributed by atoms with Crippen LogP contribution in [-0.4, -0.2) is 11.8 Å². The molecular weight excluding hydrogens is 332 g/mol. The van der Waals surface area contributed by atoms with E-state index in [4.69, 9.17) is 4.74 Å². The number of ether oxygens (including phenoxy) is 1. The van der Waals surface area contributed by atoms with Crippen LogP contribution in [0, 0.1) is 0 Å². The molecule has 0 radical (unpaired) electrons. The summed E-state index contributed by atoms with van der Waals surface area (Å²) in [7, 11) is 0. The smallest absolute Gasteiger partial charge is 0.336 e. The number of esters is 1. The van der Waals surface area contributed by atoms with E-state index in [0.717, 1.165) is 10.0 Å². The second-order valence-corrected chi connectivity index (χ2v) is 5.21. The molecule has 106 valence electrons. The Morgan fingerprint density at radius 1 is 1.05 bits per heavy atom. The number of halogens is 1. The normalized spacial score (nSPS) is 10.6. The molecule has 2 rings (SSSR count). The molecule has 0 aliphatic heterocycles. The number of hydrogen-bond donors (Lipinski definition) is 0. The van der Waals surface area contributed by atoms with Crippen molar-refractivity contribution in [2.45, 2.75) is 6.92 Å². The van der Waals surface area contributed by atoms with Crippen molar-refractivity contribution in [2.75, 3.05) is 0 Å². The predicted molar refractivity (Wildman–Crippen MR) is 85.3 cm³/mol. The fourth-order valence-corrected chi connectivity index (χ4v) is 2.09. The van der Waals surface area contributed by atoms with Crippen molar-refractivity contribution >= 4 is 33.8 Å². The lowest BCUT2D eigenvalue weighted by Gasteiger charge is -2.02. The maximum Gasteiger partial charge on any atom is 0.336 e. The Morgan fingerprint density at radius 2 is 1.71 bits per heavy atom. The summed E-state index contributed by atoms with van der Waals surface area (Å²) in [6, 6.07) is 14.0. The van der Waals surface area contributed by atoms with Gasteiger partial charge in [-0.15, -0.1) is 0 Å². The number of hydrogen-bond acceptors (Lipinski definition) is 3. The van der Waals surface area contributed by atoms with Crippen LogP contribution in [0.5, 0.6) is 5.75 Å². The van der Waals surface area contributed by atoms with Gasteiger partial charge in [-0.25, -0.2) is 4.79 Å². The number of rotatable bonds is 4. The average Bonchev–Trinajstić information content (AvgIpc) is 2.47. The Bertz CT molecular complexity index is 687. The van der Waals surface area contributed by atoms with E-state index >= 15 is 0 Å². The highest BCUT2D eigenvalue weighted by Gasteiger charge is 2.03. The van der Waals surface area contributed by atoms with E-state index < -0.39 is 5.97 Å². The molecular formula is C17H13BrO3. The minimum atomic E-state index is -0.471. The molecule has 0 saturated heterocycles. The standard InChI is InChI=1S/C17H13BrO3/c1-12(19)13-6-9-15(10-7-13)21-17(20)11-8-14-4-2-3-5-16(14)18/h2-11H,1H3/b11-8+. The van der Waals surface area contributed by atoms with E-state index in [1.54, 1.807) is 30.3 Å². The van der Waals surface area contributed by atoms with Crippen molar-refractivity contribution in [3.05, 3.63) is 70.2 Å². The minimum Gasteiger partial charge on any atom is -0.423 e. The van der Waals surface area contributed by atoms with Gasteiger partial charge in [-0.05, 0) is 48.9 Å². The largest absolute Gasteiger partial charge is 0.423 e. The van der Waals surface area contributed by atoms with Gasteiger partial charge in [0.25, 0.3) is 0 Å². The van der Waals surface area contributed by atoms with E-state index in [2.05, 4.69) is 15.9 Å². The molecule has 0 aromatic heterocycles. The molecule has 0 spiro atoms. The van der Waals surface area contributed by atoms with Crippen LogP contribution < -0.4 is 4.74 Å². The zero-order valence-electron chi connectivity index (χ0n) is 11.4. The summed E-state index contributed by atoms with van der Waals surface area (Å²) in [6.07, 6.45) is 3.04. The number of ketones is 1. The summed E-state index contributed by atoms with van der Waals surface area (Å²) < 4.78 is 6.06. The van der Waals surface area contributed by atoms with Gasteiger partial charge in [-0.1, -0.05) is 34.1 Å². The van der Waals surface area contributed by atoms with E-state index in [1.807, 2.05) is 24.3 Å². The number of carbonyl (C=O) groups is 2. The molecule has 0 heterocycles. The Balaban J connectivity index is 2.02. The van der Waals surface area contributed by atoms with Gasteiger partial charge in [0.05, 0.1) is 0 Å². The zero-order chi connectivity index (χ0) is 15.2. The summed E-state index contributed by atoms with van der Waals surface area (Å²) in [4.78, 5) is 22.9. The van der Waals surface area contributed by atoms with Crippen molar-refractivity contribution in [1.82, 2.24) is 0 Å². The number of Topliss-reactive ketones (excluding diaryl/α,β-unsaturated/α-hetero) is 1. The van der Waals surface area contributed by atoms with Crippen molar-refractivity contribution in [3.63, 3.8) is 0 Å². The quantitative estimate of drug-likeness (QED) is 0.360. The van der Waals surface area contributed by atoms with Crippen molar-refractivity contribution in [3.8, 4) is 5.75 Å². The van der Waals surface area contributed by atoms with Gasteiger partial charge in [0.1, 0.15) is 5.75 Å². The zero-order valence-corrected chi connectivity index (χ0v) is 13.0. The average molecular weight is 345 g/mol. The van der Waals surface area contributed by atoms with Crippen molar-refractivity contribution < 1.29 is 14.3 Å². The maximum absolute atomic E-state index is 11.7. The monoisotopic (exact) mass is 344 g/mol. The number of benzene rings is 2. The van der Waals surface area contributed by atoms with Crippen molar-refractivity contribution in [2.24, 2.45) is 0 Å². The molecule has 0 N–H and O–H groups in total. The molecule has 21 heavy (non-hydrogen) atoms. The third-order valence-electron chi connectivity index (χ3n) is 2.78. The lowest BCUT2D eigenvalue weighted by atomic mass is 10.1. The topological polar surface area (TPSA) is 43.4 Å². The highest BCUT2D eigenvalue weighted by molar-refractivity contribution is 9.10. The molecule has 3 nitrogen and oxygen atoms in total. The van der Waals surface area contributed by atoms with Gasteiger partial charge < -0.3 is 4.74 Å². The molecule has 0 unspecified atom stereocenters. The molecule has 2 aromatic rings. The van der Waals surface area contributed by atoms with Crippen LogP contribution in [0.4, 0.5) is 0 Å². The highest BCUT2D eigenvalue weighted by atomic mass is 79.9. The minimum absolute atomic E-state index is 0.0262. The first kappa shape index (κ1) is 15.2. The van der Waals surface area contributed by atoms with Gasteiger partial charge in [-0.2, -0.15) is 0 Å². The van der Waals surface area contributed by atoms with Crippen LogP contribution in [0.2, 0.25) is 0 Å². The van der Waals surface area contributed by atoms with Crippen LogP contribution in [0.3, 0.4) is 0 Å².